The van der Waals surface area contributed by atoms with Gasteiger partial charge in [-0.2, -0.15) is 0 Å². The highest BCUT2D eigenvalue weighted by atomic mass is 16.5. The molecular formula is C14H18N2O. The van der Waals surface area contributed by atoms with Gasteiger partial charge in [-0.15, -0.1) is 0 Å². The first kappa shape index (κ1) is 10.8. The van der Waals surface area contributed by atoms with E-state index in [2.05, 4.69) is 37.0 Å². The van der Waals surface area contributed by atoms with E-state index in [1.165, 1.54) is 5.56 Å². The fourth-order valence-electron chi connectivity index (χ4n) is 2.66. The SMILES string of the molecule is Cc1cccc2[nH]c(C3CCOCC3C)nc12. The zero-order valence-electron chi connectivity index (χ0n) is 10.4. The average molecular weight is 230 g/mol. The summed E-state index contributed by atoms with van der Waals surface area (Å²) in [4.78, 5) is 8.25. The van der Waals surface area contributed by atoms with Gasteiger partial charge in [0.05, 0.1) is 11.0 Å². The number of aryl methyl sites for hydroxylation is 1. The van der Waals surface area contributed by atoms with Crippen molar-refractivity contribution >= 4 is 11.0 Å². The number of para-hydroxylation sites is 1. The van der Waals surface area contributed by atoms with Crippen molar-refractivity contribution in [3.8, 4) is 0 Å². The molecule has 2 atom stereocenters. The monoisotopic (exact) mass is 230 g/mol. The molecular weight excluding hydrogens is 212 g/mol. The van der Waals surface area contributed by atoms with Crippen molar-refractivity contribution in [3.63, 3.8) is 0 Å². The van der Waals surface area contributed by atoms with Crippen molar-refractivity contribution in [2.45, 2.75) is 26.2 Å². The van der Waals surface area contributed by atoms with Crippen LogP contribution in [0, 0.1) is 12.8 Å². The number of imidazole rings is 1. The Kier molecular flexibility index (Phi) is 2.63. The maximum Gasteiger partial charge on any atom is 0.110 e. The third-order valence-corrected chi connectivity index (χ3v) is 3.72. The molecule has 0 spiro atoms. The van der Waals surface area contributed by atoms with Crippen molar-refractivity contribution in [2.24, 2.45) is 5.92 Å². The first-order valence-corrected chi connectivity index (χ1v) is 6.28. The molecule has 1 aliphatic rings. The highest BCUT2D eigenvalue weighted by Gasteiger charge is 2.26. The highest BCUT2D eigenvalue weighted by molar-refractivity contribution is 5.78. The van der Waals surface area contributed by atoms with Gasteiger partial charge >= 0.3 is 0 Å². The molecule has 0 amide bonds. The fourth-order valence-corrected chi connectivity index (χ4v) is 2.66. The molecule has 3 heteroatoms. The number of aromatic amines is 1. The number of hydrogen-bond acceptors (Lipinski definition) is 2. The van der Waals surface area contributed by atoms with Crippen molar-refractivity contribution in [2.75, 3.05) is 13.2 Å². The van der Waals surface area contributed by atoms with Gasteiger partial charge < -0.3 is 9.72 Å². The number of nitrogens with one attached hydrogen (secondary N) is 1. The minimum absolute atomic E-state index is 0.510. The van der Waals surface area contributed by atoms with E-state index in [0.717, 1.165) is 36.5 Å². The third-order valence-electron chi connectivity index (χ3n) is 3.72. The molecule has 1 aliphatic heterocycles. The van der Waals surface area contributed by atoms with Crippen LogP contribution in [0.15, 0.2) is 18.2 Å². The molecule has 1 aromatic heterocycles. The smallest absolute Gasteiger partial charge is 0.110 e. The Bertz CT molecular complexity index is 532. The highest BCUT2D eigenvalue weighted by Crippen LogP contribution is 2.31. The Hall–Kier alpha value is -1.35. The van der Waals surface area contributed by atoms with Crippen LogP contribution in [-0.4, -0.2) is 23.2 Å². The summed E-state index contributed by atoms with van der Waals surface area (Å²) >= 11 is 0. The molecule has 1 saturated heterocycles. The van der Waals surface area contributed by atoms with Crippen molar-refractivity contribution in [3.05, 3.63) is 29.6 Å². The average Bonchev–Trinajstić information content (AvgIpc) is 2.75. The van der Waals surface area contributed by atoms with Gasteiger partial charge in [0.15, 0.2) is 0 Å². The molecule has 1 aromatic carbocycles. The van der Waals surface area contributed by atoms with E-state index in [1.54, 1.807) is 0 Å². The van der Waals surface area contributed by atoms with Gasteiger partial charge in [-0.25, -0.2) is 4.98 Å². The first-order valence-electron chi connectivity index (χ1n) is 6.28. The molecule has 2 aromatic rings. The Labute approximate surface area is 101 Å². The van der Waals surface area contributed by atoms with Crippen molar-refractivity contribution < 1.29 is 4.74 Å². The Morgan fingerprint density at radius 3 is 3.06 bits per heavy atom. The van der Waals surface area contributed by atoms with Crippen LogP contribution < -0.4 is 0 Å². The van der Waals surface area contributed by atoms with Crippen LogP contribution in [0.2, 0.25) is 0 Å². The zero-order valence-corrected chi connectivity index (χ0v) is 10.4. The summed E-state index contributed by atoms with van der Waals surface area (Å²) < 4.78 is 5.49. The van der Waals surface area contributed by atoms with Gasteiger partial charge in [-0.1, -0.05) is 19.1 Å². The van der Waals surface area contributed by atoms with Crippen LogP contribution >= 0.6 is 0 Å². The summed E-state index contributed by atoms with van der Waals surface area (Å²) in [7, 11) is 0. The topological polar surface area (TPSA) is 37.9 Å². The predicted octanol–water partition coefficient (Wildman–Crippen LogP) is 3.01. The number of fused-ring (bicyclic) bond motifs is 1. The van der Waals surface area contributed by atoms with Gasteiger partial charge in [-0.05, 0) is 30.9 Å². The summed E-state index contributed by atoms with van der Waals surface area (Å²) in [5, 5.41) is 0. The molecule has 3 nitrogen and oxygen atoms in total. The van der Waals surface area contributed by atoms with E-state index >= 15 is 0 Å². The van der Waals surface area contributed by atoms with Crippen molar-refractivity contribution in [1.29, 1.82) is 0 Å². The number of hydrogen-bond donors (Lipinski definition) is 1. The van der Waals surface area contributed by atoms with Gasteiger partial charge in [-0.3, -0.25) is 0 Å². The van der Waals surface area contributed by atoms with E-state index < -0.39 is 0 Å². The van der Waals surface area contributed by atoms with Crippen molar-refractivity contribution in [1.82, 2.24) is 9.97 Å². The molecule has 1 fully saturated rings. The van der Waals surface area contributed by atoms with Gasteiger partial charge in [0.25, 0.3) is 0 Å². The van der Waals surface area contributed by atoms with E-state index in [-0.39, 0.29) is 0 Å². The van der Waals surface area contributed by atoms with E-state index in [4.69, 9.17) is 9.72 Å². The summed E-state index contributed by atoms with van der Waals surface area (Å²) in [5.41, 5.74) is 3.50. The number of H-pyrrole nitrogens is 1. The second kappa shape index (κ2) is 4.15. The summed E-state index contributed by atoms with van der Waals surface area (Å²) in [6.07, 6.45) is 1.07. The first-order chi connectivity index (χ1) is 8.25. The number of nitrogens with zero attached hydrogens (tertiary/aromatic N) is 1. The number of aromatic nitrogens is 2. The predicted molar refractivity (Wildman–Crippen MR) is 68.2 cm³/mol. The molecule has 0 saturated carbocycles. The second-order valence-electron chi connectivity index (χ2n) is 5.04. The maximum atomic E-state index is 5.49. The quantitative estimate of drug-likeness (QED) is 0.817. The molecule has 3 rings (SSSR count). The lowest BCUT2D eigenvalue weighted by atomic mass is 9.89. The minimum Gasteiger partial charge on any atom is -0.381 e. The lowest BCUT2D eigenvalue weighted by Gasteiger charge is -2.27. The normalized spacial score (nSPS) is 25.3. The Morgan fingerprint density at radius 1 is 1.41 bits per heavy atom. The largest absolute Gasteiger partial charge is 0.381 e. The fraction of sp³-hybridized carbons (Fsp3) is 0.500. The lowest BCUT2D eigenvalue weighted by Crippen LogP contribution is -2.24. The number of rotatable bonds is 1. The second-order valence-corrected chi connectivity index (χ2v) is 5.04. The van der Waals surface area contributed by atoms with E-state index in [1.807, 2.05) is 0 Å². The van der Waals surface area contributed by atoms with E-state index in [0.29, 0.717) is 11.8 Å². The van der Waals surface area contributed by atoms with Crippen LogP contribution in [-0.2, 0) is 4.74 Å². The Balaban J connectivity index is 2.02. The zero-order chi connectivity index (χ0) is 11.8. The van der Waals surface area contributed by atoms with Crippen LogP contribution in [0.1, 0.15) is 30.7 Å². The molecule has 2 unspecified atom stereocenters. The number of ether oxygens (including phenoxy) is 1. The standard InChI is InChI=1S/C14H18N2O/c1-9-4-3-5-12-13(9)16-14(15-12)11-6-7-17-8-10(11)2/h3-5,10-11H,6-8H2,1-2H3,(H,15,16). The van der Waals surface area contributed by atoms with Crippen LogP contribution in [0.4, 0.5) is 0 Å². The van der Waals surface area contributed by atoms with Crippen LogP contribution in [0.5, 0.6) is 0 Å². The molecule has 90 valence electrons. The minimum atomic E-state index is 0.510. The molecule has 17 heavy (non-hydrogen) atoms. The van der Waals surface area contributed by atoms with Crippen LogP contribution in [0.3, 0.4) is 0 Å². The molecule has 0 bridgehead atoms. The molecule has 1 N–H and O–H groups in total. The van der Waals surface area contributed by atoms with Gasteiger partial charge in [0.1, 0.15) is 5.82 Å². The molecule has 0 radical (unpaired) electrons. The lowest BCUT2D eigenvalue weighted by molar-refractivity contribution is 0.0455. The van der Waals surface area contributed by atoms with E-state index in [9.17, 15) is 0 Å². The molecule has 2 heterocycles. The third kappa shape index (κ3) is 1.84. The van der Waals surface area contributed by atoms with Crippen LogP contribution in [0.25, 0.3) is 11.0 Å². The summed E-state index contributed by atoms with van der Waals surface area (Å²) in [5.74, 6) is 2.19. The van der Waals surface area contributed by atoms with Gasteiger partial charge in [0, 0.05) is 19.1 Å². The summed E-state index contributed by atoms with van der Waals surface area (Å²) in [6.45, 7) is 6.05. The number of benzene rings is 1. The van der Waals surface area contributed by atoms with Gasteiger partial charge in [0.2, 0.25) is 0 Å². The summed E-state index contributed by atoms with van der Waals surface area (Å²) in [6, 6.07) is 6.29. The molecule has 0 aliphatic carbocycles. The Morgan fingerprint density at radius 2 is 2.29 bits per heavy atom. The maximum absolute atomic E-state index is 5.49.